The number of carbonyl (C=O) groups excluding carboxylic acids is 1. The lowest BCUT2D eigenvalue weighted by atomic mass is 10.1. The summed E-state index contributed by atoms with van der Waals surface area (Å²) in [7, 11) is 0. The normalized spacial score (nSPS) is 17.9. The van der Waals surface area contributed by atoms with Gasteiger partial charge in [0.05, 0.1) is 0 Å². The van der Waals surface area contributed by atoms with Gasteiger partial charge in [-0.25, -0.2) is 8.78 Å². The predicted molar refractivity (Wildman–Crippen MR) is 76.1 cm³/mol. The Bertz CT molecular complexity index is 485. The van der Waals surface area contributed by atoms with Gasteiger partial charge in [-0.3, -0.25) is 4.79 Å². The third kappa shape index (κ3) is 4.69. The van der Waals surface area contributed by atoms with Gasteiger partial charge in [0, 0.05) is 12.1 Å². The molecule has 1 amide bonds. The maximum absolute atomic E-state index is 13.1. The largest absolute Gasteiger partial charge is 0.481 e. The Kier molecular flexibility index (Phi) is 5.53. The second-order valence-electron chi connectivity index (χ2n) is 5.53. The molecule has 0 heterocycles. The van der Waals surface area contributed by atoms with E-state index in [0.29, 0.717) is 0 Å². The maximum atomic E-state index is 13.1. The van der Waals surface area contributed by atoms with Crippen LogP contribution in [0.3, 0.4) is 0 Å². The van der Waals surface area contributed by atoms with E-state index in [1.54, 1.807) is 6.92 Å². The number of halogens is 2. The van der Waals surface area contributed by atoms with Crippen LogP contribution in [0, 0.1) is 11.6 Å². The molecule has 1 fully saturated rings. The number of ether oxygens (including phenoxy) is 1. The highest BCUT2D eigenvalue weighted by Crippen LogP contribution is 2.19. The van der Waals surface area contributed by atoms with Crippen molar-refractivity contribution < 1.29 is 18.3 Å². The van der Waals surface area contributed by atoms with Crippen LogP contribution in [0.25, 0.3) is 0 Å². The van der Waals surface area contributed by atoms with Crippen LogP contribution in [0.1, 0.15) is 45.4 Å². The van der Waals surface area contributed by atoms with E-state index in [2.05, 4.69) is 5.32 Å². The molecule has 0 unspecified atom stereocenters. The quantitative estimate of drug-likeness (QED) is 0.863. The zero-order valence-electron chi connectivity index (χ0n) is 12.2. The summed E-state index contributed by atoms with van der Waals surface area (Å²) in [5.74, 6) is -1.98. The molecular formula is C16H21F2NO2. The third-order valence-corrected chi connectivity index (χ3v) is 3.77. The van der Waals surface area contributed by atoms with Crippen molar-refractivity contribution in [2.24, 2.45) is 0 Å². The minimum absolute atomic E-state index is 0.150. The topological polar surface area (TPSA) is 38.3 Å². The number of rotatable bonds is 4. The van der Waals surface area contributed by atoms with Crippen molar-refractivity contribution >= 4 is 5.91 Å². The fourth-order valence-corrected chi connectivity index (χ4v) is 2.55. The van der Waals surface area contributed by atoms with Crippen molar-refractivity contribution in [2.45, 2.75) is 57.6 Å². The standard InChI is InChI=1S/C16H21F2NO2/c1-11(21-13-8-9-14(17)15(18)10-13)16(20)19-12-6-4-2-3-5-7-12/h8-12H,2-7H2,1H3,(H,19,20)/t11-/m1/s1. The minimum Gasteiger partial charge on any atom is -0.481 e. The molecule has 1 aliphatic rings. The molecule has 0 aliphatic heterocycles. The maximum Gasteiger partial charge on any atom is 0.260 e. The first-order valence-corrected chi connectivity index (χ1v) is 7.48. The summed E-state index contributed by atoms with van der Waals surface area (Å²) < 4.78 is 31.3. The Labute approximate surface area is 123 Å². The van der Waals surface area contributed by atoms with Gasteiger partial charge in [-0.1, -0.05) is 25.7 Å². The van der Waals surface area contributed by atoms with Gasteiger partial charge in [0.15, 0.2) is 17.7 Å². The van der Waals surface area contributed by atoms with Crippen molar-refractivity contribution in [1.82, 2.24) is 5.32 Å². The molecule has 1 saturated carbocycles. The molecule has 0 saturated heterocycles. The van der Waals surface area contributed by atoms with E-state index in [4.69, 9.17) is 4.74 Å². The molecule has 5 heteroatoms. The minimum atomic E-state index is -0.983. The van der Waals surface area contributed by atoms with E-state index in [9.17, 15) is 13.6 Å². The van der Waals surface area contributed by atoms with Gasteiger partial charge in [-0.15, -0.1) is 0 Å². The number of benzene rings is 1. The fourth-order valence-electron chi connectivity index (χ4n) is 2.55. The summed E-state index contributed by atoms with van der Waals surface area (Å²) >= 11 is 0. The average Bonchev–Trinajstić information content (AvgIpc) is 2.71. The molecule has 1 aromatic rings. The summed E-state index contributed by atoms with van der Waals surface area (Å²) in [4.78, 5) is 12.1. The molecule has 1 aromatic carbocycles. The first kappa shape index (κ1) is 15.7. The van der Waals surface area contributed by atoms with Crippen LogP contribution in [0.4, 0.5) is 8.78 Å². The average molecular weight is 297 g/mol. The smallest absolute Gasteiger partial charge is 0.260 e. The van der Waals surface area contributed by atoms with Crippen LogP contribution < -0.4 is 10.1 Å². The number of hydrogen-bond donors (Lipinski definition) is 1. The predicted octanol–water partition coefficient (Wildman–Crippen LogP) is 3.57. The van der Waals surface area contributed by atoms with E-state index >= 15 is 0 Å². The first-order chi connectivity index (χ1) is 10.1. The zero-order chi connectivity index (χ0) is 15.2. The van der Waals surface area contributed by atoms with E-state index in [-0.39, 0.29) is 17.7 Å². The molecule has 0 radical (unpaired) electrons. The van der Waals surface area contributed by atoms with Gasteiger partial charge in [0.2, 0.25) is 0 Å². The van der Waals surface area contributed by atoms with Crippen molar-refractivity contribution in [3.05, 3.63) is 29.8 Å². The molecule has 1 N–H and O–H groups in total. The van der Waals surface area contributed by atoms with E-state index in [1.165, 1.54) is 18.9 Å². The van der Waals surface area contributed by atoms with Crippen LogP contribution in [0.2, 0.25) is 0 Å². The molecule has 1 aliphatic carbocycles. The summed E-state index contributed by atoms with van der Waals surface area (Å²) in [5.41, 5.74) is 0. The summed E-state index contributed by atoms with van der Waals surface area (Å²) in [6.07, 6.45) is 5.93. The van der Waals surface area contributed by atoms with Crippen LogP contribution in [0.15, 0.2) is 18.2 Å². The first-order valence-electron chi connectivity index (χ1n) is 7.48. The Balaban J connectivity index is 1.87. The molecular weight excluding hydrogens is 276 g/mol. The Morgan fingerprint density at radius 1 is 1.19 bits per heavy atom. The van der Waals surface area contributed by atoms with Crippen LogP contribution in [-0.2, 0) is 4.79 Å². The molecule has 116 valence electrons. The third-order valence-electron chi connectivity index (χ3n) is 3.77. The van der Waals surface area contributed by atoms with Crippen molar-refractivity contribution in [2.75, 3.05) is 0 Å². The van der Waals surface area contributed by atoms with E-state index in [0.717, 1.165) is 37.8 Å². The Hall–Kier alpha value is -1.65. The second-order valence-corrected chi connectivity index (χ2v) is 5.53. The monoisotopic (exact) mass is 297 g/mol. The zero-order valence-corrected chi connectivity index (χ0v) is 12.2. The van der Waals surface area contributed by atoms with Gasteiger partial charge in [-0.05, 0) is 31.9 Å². The molecule has 2 rings (SSSR count). The molecule has 0 spiro atoms. The number of hydrogen-bond acceptors (Lipinski definition) is 2. The van der Waals surface area contributed by atoms with Crippen LogP contribution >= 0.6 is 0 Å². The molecule has 1 atom stereocenters. The highest BCUT2D eigenvalue weighted by atomic mass is 19.2. The highest BCUT2D eigenvalue weighted by Gasteiger charge is 2.20. The van der Waals surface area contributed by atoms with E-state index in [1.807, 2.05) is 0 Å². The molecule has 3 nitrogen and oxygen atoms in total. The summed E-state index contributed by atoms with van der Waals surface area (Å²) in [6.45, 7) is 1.60. The second kappa shape index (κ2) is 7.38. The Morgan fingerprint density at radius 3 is 2.48 bits per heavy atom. The van der Waals surface area contributed by atoms with Gasteiger partial charge in [0.1, 0.15) is 5.75 Å². The number of nitrogens with one attached hydrogen (secondary N) is 1. The van der Waals surface area contributed by atoms with Crippen molar-refractivity contribution in [3.63, 3.8) is 0 Å². The lowest BCUT2D eigenvalue weighted by Crippen LogP contribution is -2.42. The highest BCUT2D eigenvalue weighted by molar-refractivity contribution is 5.81. The molecule has 21 heavy (non-hydrogen) atoms. The summed E-state index contributed by atoms with van der Waals surface area (Å²) in [6, 6.07) is 3.44. The van der Waals surface area contributed by atoms with Gasteiger partial charge < -0.3 is 10.1 Å². The van der Waals surface area contributed by atoms with Crippen molar-refractivity contribution in [1.29, 1.82) is 0 Å². The lowest BCUT2D eigenvalue weighted by Gasteiger charge is -2.20. The SMILES string of the molecule is C[C@@H](Oc1ccc(F)c(F)c1)C(=O)NC1CCCCCC1. The summed E-state index contributed by atoms with van der Waals surface area (Å²) in [5, 5.41) is 2.97. The molecule has 0 bridgehead atoms. The van der Waals surface area contributed by atoms with Crippen LogP contribution in [0.5, 0.6) is 5.75 Å². The van der Waals surface area contributed by atoms with Gasteiger partial charge in [0.25, 0.3) is 5.91 Å². The Morgan fingerprint density at radius 2 is 1.86 bits per heavy atom. The van der Waals surface area contributed by atoms with Crippen LogP contribution in [-0.4, -0.2) is 18.1 Å². The number of carbonyl (C=O) groups is 1. The van der Waals surface area contributed by atoms with Gasteiger partial charge in [-0.2, -0.15) is 0 Å². The lowest BCUT2D eigenvalue weighted by molar-refractivity contribution is -0.128. The van der Waals surface area contributed by atoms with E-state index < -0.39 is 17.7 Å². The number of amides is 1. The fraction of sp³-hybridized carbons (Fsp3) is 0.562. The van der Waals surface area contributed by atoms with Crippen molar-refractivity contribution in [3.8, 4) is 5.75 Å². The van der Waals surface area contributed by atoms with Gasteiger partial charge >= 0.3 is 0 Å². The molecule has 0 aromatic heterocycles.